The molecule has 1 aliphatic carbocycles. The van der Waals surface area contributed by atoms with Crippen LogP contribution in [-0.4, -0.2) is 17.0 Å². The van der Waals surface area contributed by atoms with E-state index < -0.39 is 5.60 Å². The molecule has 2 fully saturated rings. The van der Waals surface area contributed by atoms with Gasteiger partial charge in [0.25, 0.3) is 0 Å². The first-order valence-corrected chi connectivity index (χ1v) is 6.57. The van der Waals surface area contributed by atoms with Crippen molar-refractivity contribution < 1.29 is 9.53 Å². The first-order valence-electron chi connectivity index (χ1n) is 6.57. The van der Waals surface area contributed by atoms with Gasteiger partial charge in [-0.05, 0) is 20.3 Å². The van der Waals surface area contributed by atoms with E-state index in [1.54, 1.807) is 0 Å². The van der Waals surface area contributed by atoms with Crippen molar-refractivity contribution in [3.8, 4) is 0 Å². The second-order valence-corrected chi connectivity index (χ2v) is 8.19. The van der Waals surface area contributed by atoms with Crippen molar-refractivity contribution in [2.75, 3.05) is 0 Å². The van der Waals surface area contributed by atoms with Gasteiger partial charge in [-0.25, -0.2) is 0 Å². The van der Waals surface area contributed by atoms with Crippen molar-refractivity contribution >= 4 is 5.78 Å². The Bertz CT molecular complexity index is 388. The third kappa shape index (κ3) is 1.13. The van der Waals surface area contributed by atoms with Crippen molar-refractivity contribution in [1.82, 2.24) is 0 Å². The molecule has 0 aromatic rings. The van der Waals surface area contributed by atoms with Crippen LogP contribution in [0.15, 0.2) is 0 Å². The second kappa shape index (κ2) is 2.79. The first-order chi connectivity index (χ1) is 7.32. The van der Waals surface area contributed by atoms with Crippen LogP contribution >= 0.6 is 0 Å². The average molecular weight is 238 g/mol. The van der Waals surface area contributed by atoms with Gasteiger partial charge in [0.2, 0.25) is 0 Å². The van der Waals surface area contributed by atoms with Gasteiger partial charge in [-0.15, -0.1) is 0 Å². The van der Waals surface area contributed by atoms with Crippen LogP contribution in [0.4, 0.5) is 0 Å². The van der Waals surface area contributed by atoms with Crippen LogP contribution in [0.5, 0.6) is 0 Å². The number of rotatable bonds is 0. The lowest BCUT2D eigenvalue weighted by atomic mass is 9.51. The lowest BCUT2D eigenvalue weighted by molar-refractivity contribution is -0.363. The third-order valence-electron chi connectivity index (χ3n) is 5.56. The minimum absolute atomic E-state index is 0.0907. The van der Waals surface area contributed by atoms with Crippen LogP contribution in [-0.2, 0) is 9.53 Å². The summed E-state index contributed by atoms with van der Waals surface area (Å²) in [6.07, 6.45) is 0.901. The normalized spacial score (nSPS) is 40.4. The molecule has 2 rings (SSSR count). The van der Waals surface area contributed by atoms with E-state index in [0.717, 1.165) is 6.42 Å². The third-order valence-corrected chi connectivity index (χ3v) is 5.56. The maximum absolute atomic E-state index is 12.8. The fourth-order valence-corrected chi connectivity index (χ4v) is 4.42. The molecule has 0 amide bonds. The molecule has 1 saturated carbocycles. The van der Waals surface area contributed by atoms with Crippen LogP contribution in [0.3, 0.4) is 0 Å². The Balaban J connectivity index is 2.57. The zero-order chi connectivity index (χ0) is 13.5. The molecule has 1 saturated heterocycles. The Kier molecular flexibility index (Phi) is 2.14. The fourth-order valence-electron chi connectivity index (χ4n) is 4.42. The summed E-state index contributed by atoms with van der Waals surface area (Å²) < 4.78 is 6.20. The van der Waals surface area contributed by atoms with Gasteiger partial charge in [0.1, 0.15) is 5.60 Å². The number of Topliss-reactive ketones (excluding diaryl/α,β-unsaturated/α-hetero) is 1. The number of carbonyl (C=O) groups excluding carboxylic acids is 1. The minimum Gasteiger partial charge on any atom is -0.359 e. The van der Waals surface area contributed by atoms with E-state index in [9.17, 15) is 4.79 Å². The minimum atomic E-state index is -0.604. The summed E-state index contributed by atoms with van der Waals surface area (Å²) in [7, 11) is 0. The Morgan fingerprint density at radius 3 is 1.65 bits per heavy atom. The summed E-state index contributed by atoms with van der Waals surface area (Å²) >= 11 is 0. The molecule has 0 aromatic heterocycles. The van der Waals surface area contributed by atoms with E-state index in [0.29, 0.717) is 5.78 Å². The van der Waals surface area contributed by atoms with Crippen LogP contribution in [0.25, 0.3) is 0 Å². The maximum atomic E-state index is 12.8. The summed E-state index contributed by atoms with van der Waals surface area (Å²) in [5.41, 5.74) is -1.30. The SMILES string of the molecule is CC1(C)CC(C)(C)C2(OC(C)(C)C2(C)C)C1=O. The molecule has 2 heteroatoms. The van der Waals surface area contributed by atoms with Crippen LogP contribution in [0.2, 0.25) is 0 Å². The molecule has 1 atom stereocenters. The fraction of sp³-hybridized carbons (Fsp3) is 0.933. The summed E-state index contributed by atoms with van der Waals surface area (Å²) in [6, 6.07) is 0. The van der Waals surface area contributed by atoms with Crippen molar-refractivity contribution in [2.24, 2.45) is 16.2 Å². The van der Waals surface area contributed by atoms with Crippen LogP contribution < -0.4 is 0 Å². The number of ether oxygens (including phenoxy) is 1. The zero-order valence-corrected chi connectivity index (χ0v) is 12.5. The average Bonchev–Trinajstić information content (AvgIpc) is 2.22. The van der Waals surface area contributed by atoms with Crippen LogP contribution in [0.1, 0.15) is 61.8 Å². The highest BCUT2D eigenvalue weighted by Crippen LogP contribution is 2.70. The van der Waals surface area contributed by atoms with E-state index in [-0.39, 0.29) is 21.8 Å². The van der Waals surface area contributed by atoms with Gasteiger partial charge in [0, 0.05) is 16.2 Å². The van der Waals surface area contributed by atoms with Gasteiger partial charge < -0.3 is 4.74 Å². The zero-order valence-electron chi connectivity index (χ0n) is 12.5. The Hall–Kier alpha value is -0.370. The van der Waals surface area contributed by atoms with Crippen molar-refractivity contribution in [2.45, 2.75) is 73.0 Å². The molecule has 0 radical (unpaired) electrons. The van der Waals surface area contributed by atoms with Gasteiger partial charge in [0.15, 0.2) is 5.78 Å². The second-order valence-electron chi connectivity index (χ2n) is 8.19. The molecule has 1 aliphatic heterocycles. The Labute approximate surface area is 105 Å². The highest BCUT2D eigenvalue weighted by Gasteiger charge is 2.79. The quantitative estimate of drug-likeness (QED) is 0.644. The van der Waals surface area contributed by atoms with E-state index in [4.69, 9.17) is 4.74 Å². The molecule has 0 aromatic carbocycles. The van der Waals surface area contributed by atoms with Crippen molar-refractivity contribution in [3.63, 3.8) is 0 Å². The van der Waals surface area contributed by atoms with Crippen molar-refractivity contribution in [1.29, 1.82) is 0 Å². The summed E-state index contributed by atoms with van der Waals surface area (Å²) in [4.78, 5) is 12.8. The van der Waals surface area contributed by atoms with E-state index in [1.165, 1.54) is 0 Å². The Morgan fingerprint density at radius 1 is 0.941 bits per heavy atom. The molecular formula is C15H26O2. The molecule has 2 nitrogen and oxygen atoms in total. The maximum Gasteiger partial charge on any atom is 0.171 e. The molecule has 0 N–H and O–H groups in total. The van der Waals surface area contributed by atoms with E-state index in [1.807, 2.05) is 0 Å². The predicted octanol–water partition coefficient (Wildman–Crippen LogP) is 3.59. The molecule has 1 heterocycles. The standard InChI is InChI=1S/C15H26O2/c1-11(2)9-12(3,4)15(10(11)16)13(5,6)14(7,8)17-15/h9H2,1-8H3. The predicted molar refractivity (Wildman–Crippen MR) is 68.9 cm³/mol. The topological polar surface area (TPSA) is 26.3 Å². The smallest absolute Gasteiger partial charge is 0.171 e. The van der Waals surface area contributed by atoms with Crippen molar-refractivity contribution in [3.05, 3.63) is 0 Å². The largest absolute Gasteiger partial charge is 0.359 e. The van der Waals surface area contributed by atoms with Gasteiger partial charge in [-0.3, -0.25) is 4.79 Å². The van der Waals surface area contributed by atoms with Gasteiger partial charge >= 0.3 is 0 Å². The summed E-state index contributed by atoms with van der Waals surface area (Å²) in [5.74, 6) is 0.291. The highest BCUT2D eigenvalue weighted by atomic mass is 16.6. The molecule has 98 valence electrons. The van der Waals surface area contributed by atoms with Gasteiger partial charge in [-0.1, -0.05) is 41.5 Å². The molecule has 17 heavy (non-hydrogen) atoms. The highest BCUT2D eigenvalue weighted by molar-refractivity contribution is 5.97. The molecule has 1 spiro atoms. The lowest BCUT2D eigenvalue weighted by Crippen LogP contribution is -2.78. The van der Waals surface area contributed by atoms with Gasteiger partial charge in [-0.2, -0.15) is 0 Å². The number of carbonyl (C=O) groups is 1. The monoisotopic (exact) mass is 238 g/mol. The number of hydrogen-bond acceptors (Lipinski definition) is 2. The molecular weight excluding hydrogens is 212 g/mol. The summed E-state index contributed by atoms with van der Waals surface area (Å²) in [5, 5.41) is 0. The lowest BCUT2D eigenvalue weighted by Gasteiger charge is -2.68. The molecule has 1 unspecified atom stereocenters. The first kappa shape index (κ1) is 13.1. The van der Waals surface area contributed by atoms with Gasteiger partial charge in [0.05, 0.1) is 5.60 Å². The molecule has 2 aliphatic rings. The van der Waals surface area contributed by atoms with E-state index in [2.05, 4.69) is 55.4 Å². The summed E-state index contributed by atoms with van der Waals surface area (Å²) in [6.45, 7) is 17.0. The van der Waals surface area contributed by atoms with Crippen LogP contribution in [0, 0.1) is 16.2 Å². The number of hydrogen-bond donors (Lipinski definition) is 0. The van der Waals surface area contributed by atoms with E-state index >= 15 is 0 Å². The number of ketones is 1. The molecule has 0 bridgehead atoms. The Morgan fingerprint density at radius 2 is 1.41 bits per heavy atom.